The largest absolute Gasteiger partial charge is 0.491 e. The van der Waals surface area contributed by atoms with Gasteiger partial charge in [-0.25, -0.2) is 0 Å². The smallest absolute Gasteiger partial charge is 0.239 e. The Morgan fingerprint density at radius 2 is 1.71 bits per heavy atom. The number of amides is 2. The van der Waals surface area contributed by atoms with Gasteiger partial charge in [-0.15, -0.1) is 0 Å². The summed E-state index contributed by atoms with van der Waals surface area (Å²) in [6, 6.07) is 7.34. The summed E-state index contributed by atoms with van der Waals surface area (Å²) in [7, 11) is 0. The zero-order valence-electron chi connectivity index (χ0n) is 13.7. The standard InChI is InChI=1S/C17H22N2O4S/c1-2-3-8-22-9-10-23-13-6-4-12(5-7-13)11-14-15(20)18-17(24)19-16(14)21/h4-7,14H,2-3,8-11H2,1H3,(H2,18,19,20,21,24). The molecule has 1 aromatic carbocycles. The van der Waals surface area contributed by atoms with Gasteiger partial charge in [0.15, 0.2) is 5.11 Å². The highest BCUT2D eigenvalue weighted by Crippen LogP contribution is 2.16. The van der Waals surface area contributed by atoms with Gasteiger partial charge in [-0.3, -0.25) is 9.59 Å². The van der Waals surface area contributed by atoms with Gasteiger partial charge in [0.05, 0.1) is 6.61 Å². The lowest BCUT2D eigenvalue weighted by atomic mass is 9.96. The Morgan fingerprint density at radius 3 is 2.33 bits per heavy atom. The third-order valence-electron chi connectivity index (χ3n) is 3.61. The van der Waals surface area contributed by atoms with Gasteiger partial charge in [0.25, 0.3) is 0 Å². The Hall–Kier alpha value is -1.99. The van der Waals surface area contributed by atoms with Crippen molar-refractivity contribution in [2.75, 3.05) is 19.8 Å². The van der Waals surface area contributed by atoms with Crippen LogP contribution in [0.4, 0.5) is 0 Å². The van der Waals surface area contributed by atoms with E-state index in [-0.39, 0.29) is 16.9 Å². The van der Waals surface area contributed by atoms with Gasteiger partial charge in [-0.2, -0.15) is 0 Å². The van der Waals surface area contributed by atoms with Crippen LogP contribution in [0.25, 0.3) is 0 Å². The van der Waals surface area contributed by atoms with Gasteiger partial charge in [-0.05, 0) is 42.8 Å². The lowest BCUT2D eigenvalue weighted by Gasteiger charge is -2.22. The van der Waals surface area contributed by atoms with Crippen molar-refractivity contribution in [3.8, 4) is 5.75 Å². The number of unbranched alkanes of at least 4 members (excludes halogenated alkanes) is 1. The predicted molar refractivity (Wildman–Crippen MR) is 93.7 cm³/mol. The third-order valence-corrected chi connectivity index (χ3v) is 3.81. The number of hydrogen-bond acceptors (Lipinski definition) is 5. The van der Waals surface area contributed by atoms with Gasteiger partial charge in [0, 0.05) is 6.61 Å². The maximum Gasteiger partial charge on any atom is 0.239 e. The zero-order chi connectivity index (χ0) is 17.4. The first-order chi connectivity index (χ1) is 11.6. The minimum Gasteiger partial charge on any atom is -0.491 e. The highest BCUT2D eigenvalue weighted by molar-refractivity contribution is 7.80. The van der Waals surface area contributed by atoms with Crippen LogP contribution in [-0.4, -0.2) is 36.7 Å². The molecule has 1 saturated heterocycles. The highest BCUT2D eigenvalue weighted by Gasteiger charge is 2.32. The molecule has 2 amide bonds. The molecule has 0 radical (unpaired) electrons. The fourth-order valence-corrected chi connectivity index (χ4v) is 2.46. The summed E-state index contributed by atoms with van der Waals surface area (Å²) in [5.74, 6) is -0.770. The normalized spacial score (nSPS) is 15.1. The molecule has 24 heavy (non-hydrogen) atoms. The predicted octanol–water partition coefficient (Wildman–Crippen LogP) is 1.57. The summed E-state index contributed by atoms with van der Waals surface area (Å²) in [5, 5.41) is 4.99. The second kappa shape index (κ2) is 9.34. The molecule has 1 aliphatic heterocycles. The van der Waals surface area contributed by atoms with Gasteiger partial charge < -0.3 is 20.1 Å². The second-order valence-corrected chi connectivity index (χ2v) is 5.93. The Labute approximate surface area is 146 Å². The van der Waals surface area contributed by atoms with Crippen LogP contribution < -0.4 is 15.4 Å². The Bertz CT molecular complexity index is 569. The molecular formula is C17H22N2O4S. The number of carbonyl (C=O) groups excluding carboxylic acids is 2. The molecule has 1 aromatic rings. The van der Waals surface area contributed by atoms with Crippen LogP contribution in [0.3, 0.4) is 0 Å². The number of carbonyl (C=O) groups is 2. The summed E-state index contributed by atoms with van der Waals surface area (Å²) in [5.41, 5.74) is 0.879. The topological polar surface area (TPSA) is 76.7 Å². The molecular weight excluding hydrogens is 328 g/mol. The van der Waals surface area contributed by atoms with Crippen molar-refractivity contribution in [3.63, 3.8) is 0 Å². The Kier molecular flexibility index (Phi) is 7.14. The molecule has 2 rings (SSSR count). The first kappa shape index (κ1) is 18.4. The van der Waals surface area contributed by atoms with Crippen LogP contribution in [0.5, 0.6) is 5.75 Å². The minimum atomic E-state index is -0.768. The fraction of sp³-hybridized carbons (Fsp3) is 0.471. The van der Waals surface area contributed by atoms with Crippen molar-refractivity contribution in [1.82, 2.24) is 10.6 Å². The molecule has 0 spiro atoms. The van der Waals surface area contributed by atoms with Crippen molar-refractivity contribution in [1.29, 1.82) is 0 Å². The van der Waals surface area contributed by atoms with E-state index < -0.39 is 5.92 Å². The number of benzene rings is 1. The molecule has 0 saturated carbocycles. The van der Waals surface area contributed by atoms with Crippen molar-refractivity contribution in [2.24, 2.45) is 5.92 Å². The number of rotatable bonds is 9. The molecule has 0 bridgehead atoms. The summed E-state index contributed by atoms with van der Waals surface area (Å²) in [4.78, 5) is 23.7. The van der Waals surface area contributed by atoms with E-state index in [0.29, 0.717) is 19.6 Å². The molecule has 0 aromatic heterocycles. The molecule has 1 fully saturated rings. The molecule has 130 valence electrons. The van der Waals surface area contributed by atoms with E-state index in [4.69, 9.17) is 21.7 Å². The number of nitrogens with one attached hydrogen (secondary N) is 2. The monoisotopic (exact) mass is 350 g/mol. The second-order valence-electron chi connectivity index (χ2n) is 5.52. The highest BCUT2D eigenvalue weighted by atomic mass is 32.1. The lowest BCUT2D eigenvalue weighted by Crippen LogP contribution is -2.56. The number of ether oxygens (including phenoxy) is 2. The Balaban J connectivity index is 1.78. The van der Waals surface area contributed by atoms with Crippen LogP contribution in [0, 0.1) is 5.92 Å². The average Bonchev–Trinajstić information content (AvgIpc) is 2.55. The molecule has 2 N–H and O–H groups in total. The molecule has 0 aliphatic carbocycles. The van der Waals surface area contributed by atoms with E-state index in [1.54, 1.807) is 0 Å². The van der Waals surface area contributed by atoms with E-state index in [9.17, 15) is 9.59 Å². The van der Waals surface area contributed by atoms with Gasteiger partial charge >= 0.3 is 0 Å². The summed E-state index contributed by atoms with van der Waals surface area (Å²) >= 11 is 4.78. The van der Waals surface area contributed by atoms with E-state index >= 15 is 0 Å². The van der Waals surface area contributed by atoms with Crippen molar-refractivity contribution in [2.45, 2.75) is 26.2 Å². The number of thiocarbonyl (C=S) groups is 1. The first-order valence-electron chi connectivity index (χ1n) is 8.05. The van der Waals surface area contributed by atoms with Crippen LogP contribution in [0.2, 0.25) is 0 Å². The van der Waals surface area contributed by atoms with Crippen LogP contribution in [0.15, 0.2) is 24.3 Å². The van der Waals surface area contributed by atoms with E-state index in [1.807, 2.05) is 24.3 Å². The zero-order valence-corrected chi connectivity index (χ0v) is 14.5. The van der Waals surface area contributed by atoms with E-state index in [1.165, 1.54) is 0 Å². The first-order valence-corrected chi connectivity index (χ1v) is 8.46. The third kappa shape index (κ3) is 5.58. The molecule has 6 nitrogen and oxygen atoms in total. The number of hydrogen-bond donors (Lipinski definition) is 2. The minimum absolute atomic E-state index is 0.0613. The SMILES string of the molecule is CCCCOCCOc1ccc(CC2C(=O)NC(=S)NC2=O)cc1. The van der Waals surface area contributed by atoms with Crippen molar-refractivity contribution in [3.05, 3.63) is 29.8 Å². The Morgan fingerprint density at radius 1 is 1.04 bits per heavy atom. The molecule has 1 aliphatic rings. The van der Waals surface area contributed by atoms with E-state index in [0.717, 1.165) is 30.8 Å². The lowest BCUT2D eigenvalue weighted by molar-refractivity contribution is -0.135. The fourth-order valence-electron chi connectivity index (χ4n) is 2.26. The summed E-state index contributed by atoms with van der Waals surface area (Å²) in [6.07, 6.45) is 2.49. The summed E-state index contributed by atoms with van der Waals surface area (Å²) in [6.45, 7) is 3.93. The van der Waals surface area contributed by atoms with Gasteiger partial charge in [0.2, 0.25) is 11.8 Å². The van der Waals surface area contributed by atoms with Crippen molar-refractivity contribution < 1.29 is 19.1 Å². The van der Waals surface area contributed by atoms with Crippen LogP contribution in [0.1, 0.15) is 25.3 Å². The quantitative estimate of drug-likeness (QED) is 0.402. The van der Waals surface area contributed by atoms with Crippen LogP contribution >= 0.6 is 12.2 Å². The van der Waals surface area contributed by atoms with Crippen molar-refractivity contribution >= 4 is 29.1 Å². The van der Waals surface area contributed by atoms with Gasteiger partial charge in [0.1, 0.15) is 18.3 Å². The average molecular weight is 350 g/mol. The maximum absolute atomic E-state index is 11.8. The van der Waals surface area contributed by atoms with E-state index in [2.05, 4.69) is 17.6 Å². The molecule has 7 heteroatoms. The van der Waals surface area contributed by atoms with Crippen LogP contribution in [-0.2, 0) is 20.7 Å². The summed E-state index contributed by atoms with van der Waals surface area (Å²) < 4.78 is 11.0. The van der Waals surface area contributed by atoms with Gasteiger partial charge in [-0.1, -0.05) is 25.5 Å². The molecule has 0 atom stereocenters. The molecule has 1 heterocycles. The maximum atomic E-state index is 11.8. The molecule has 0 unspecified atom stereocenters.